The molecule has 1 atom stereocenters. The number of aromatic nitrogens is 3. The zero-order chi connectivity index (χ0) is 20.9. The molecule has 0 aliphatic carbocycles. The highest BCUT2D eigenvalue weighted by molar-refractivity contribution is 5.96. The van der Waals surface area contributed by atoms with E-state index in [0.717, 1.165) is 34.7 Å². The van der Waals surface area contributed by atoms with E-state index < -0.39 is 0 Å². The van der Waals surface area contributed by atoms with E-state index in [1.165, 1.54) is 0 Å². The van der Waals surface area contributed by atoms with Crippen LogP contribution in [0, 0.1) is 6.92 Å². The molecule has 6 heteroatoms. The molecule has 0 spiro atoms. The normalized spacial score (nSPS) is 11.9. The number of aryl methyl sites for hydroxylation is 1. The number of hydrogen-bond donors (Lipinski definition) is 1. The van der Waals surface area contributed by atoms with E-state index in [0.29, 0.717) is 12.4 Å². The molecule has 1 unspecified atom stereocenters. The lowest BCUT2D eigenvalue weighted by atomic mass is 9.95. The third-order valence-corrected chi connectivity index (χ3v) is 5.09. The molecule has 0 aliphatic rings. The summed E-state index contributed by atoms with van der Waals surface area (Å²) in [5, 5.41) is 7.23. The number of carbonyl (C=O) groups is 1. The topological polar surface area (TPSA) is 73.0 Å². The van der Waals surface area contributed by atoms with Crippen molar-refractivity contribution >= 4 is 11.6 Å². The Kier molecular flexibility index (Phi) is 5.75. The van der Waals surface area contributed by atoms with Gasteiger partial charge >= 0.3 is 0 Å². The van der Waals surface area contributed by atoms with Crippen LogP contribution >= 0.6 is 0 Å². The van der Waals surface area contributed by atoms with E-state index in [9.17, 15) is 4.79 Å². The first-order chi connectivity index (χ1) is 14.6. The van der Waals surface area contributed by atoms with Gasteiger partial charge in [0.05, 0.1) is 12.5 Å². The fourth-order valence-electron chi connectivity index (χ4n) is 3.43. The first-order valence-corrected chi connectivity index (χ1v) is 10.0. The second-order valence-electron chi connectivity index (χ2n) is 7.16. The van der Waals surface area contributed by atoms with Gasteiger partial charge in [0.2, 0.25) is 11.8 Å². The molecule has 4 rings (SSSR count). The van der Waals surface area contributed by atoms with Crippen molar-refractivity contribution in [3.8, 4) is 11.5 Å². The van der Waals surface area contributed by atoms with Crippen molar-refractivity contribution in [2.24, 2.45) is 0 Å². The number of benzene rings is 2. The highest BCUT2D eigenvalue weighted by atomic mass is 16.4. The third-order valence-electron chi connectivity index (χ3n) is 5.09. The van der Waals surface area contributed by atoms with Crippen LogP contribution in [0.4, 0.5) is 5.69 Å². The third kappa shape index (κ3) is 4.33. The van der Waals surface area contributed by atoms with Gasteiger partial charge in [-0.25, -0.2) is 4.98 Å². The number of nitrogens with one attached hydrogen (secondary N) is 1. The van der Waals surface area contributed by atoms with Gasteiger partial charge in [-0.1, -0.05) is 37.3 Å². The molecular weight excluding hydrogens is 376 g/mol. The van der Waals surface area contributed by atoms with E-state index in [2.05, 4.69) is 15.4 Å². The molecular formula is C24H24N4O2. The van der Waals surface area contributed by atoms with Crippen LogP contribution in [0.2, 0.25) is 0 Å². The van der Waals surface area contributed by atoms with E-state index in [1.807, 2.05) is 85.4 Å². The number of amides is 1. The van der Waals surface area contributed by atoms with Crippen molar-refractivity contribution in [2.75, 3.05) is 5.32 Å². The summed E-state index contributed by atoms with van der Waals surface area (Å²) in [5.74, 6) is 1.14. The number of anilines is 1. The number of rotatable bonds is 7. The van der Waals surface area contributed by atoms with Gasteiger partial charge in [0.15, 0.2) is 0 Å². The molecule has 2 heterocycles. The molecule has 0 fully saturated rings. The Bertz CT molecular complexity index is 1100. The maximum atomic E-state index is 12.7. The Hall–Kier alpha value is -3.67. The predicted octanol–water partition coefficient (Wildman–Crippen LogP) is 5.03. The van der Waals surface area contributed by atoms with Gasteiger partial charge < -0.3 is 9.73 Å². The lowest BCUT2D eigenvalue weighted by Gasteiger charge is -2.15. The zero-order valence-electron chi connectivity index (χ0n) is 17.1. The summed E-state index contributed by atoms with van der Waals surface area (Å²) in [6, 6.07) is 19.3. The molecule has 1 N–H and O–H groups in total. The zero-order valence-corrected chi connectivity index (χ0v) is 17.1. The fraction of sp³-hybridized carbons (Fsp3) is 0.208. The Morgan fingerprint density at radius 1 is 1.10 bits per heavy atom. The highest BCUT2D eigenvalue weighted by Crippen LogP contribution is 2.25. The van der Waals surface area contributed by atoms with Crippen molar-refractivity contribution < 1.29 is 9.21 Å². The molecule has 1 amide bonds. The highest BCUT2D eigenvalue weighted by Gasteiger charge is 2.19. The molecule has 2 aromatic heterocycles. The lowest BCUT2D eigenvalue weighted by molar-refractivity contribution is -0.117. The van der Waals surface area contributed by atoms with Gasteiger partial charge in [0.25, 0.3) is 0 Å². The van der Waals surface area contributed by atoms with Crippen LogP contribution in [0.3, 0.4) is 0 Å². The molecule has 4 aromatic rings. The average Bonchev–Trinajstić information content (AvgIpc) is 3.40. The maximum Gasteiger partial charge on any atom is 0.231 e. The van der Waals surface area contributed by atoms with Crippen LogP contribution in [0.15, 0.2) is 77.5 Å². The van der Waals surface area contributed by atoms with Gasteiger partial charge in [-0.3, -0.25) is 9.48 Å². The van der Waals surface area contributed by atoms with Crippen LogP contribution < -0.4 is 5.32 Å². The molecule has 30 heavy (non-hydrogen) atoms. The monoisotopic (exact) mass is 400 g/mol. The van der Waals surface area contributed by atoms with Crippen molar-refractivity contribution in [3.63, 3.8) is 0 Å². The number of oxazole rings is 1. The lowest BCUT2D eigenvalue weighted by Crippen LogP contribution is -2.20. The number of carbonyl (C=O) groups excluding carboxylic acids is 1. The summed E-state index contributed by atoms with van der Waals surface area (Å²) in [5.41, 5.74) is 3.48. The summed E-state index contributed by atoms with van der Waals surface area (Å²) >= 11 is 0. The van der Waals surface area contributed by atoms with Crippen LogP contribution in [0.1, 0.15) is 36.3 Å². The molecule has 0 saturated carbocycles. The minimum absolute atomic E-state index is 0.00933. The Morgan fingerprint density at radius 3 is 2.53 bits per heavy atom. The van der Waals surface area contributed by atoms with Gasteiger partial charge in [0, 0.05) is 23.6 Å². The Balaban J connectivity index is 1.46. The number of nitrogens with zero attached hydrogens (tertiary/aromatic N) is 3. The van der Waals surface area contributed by atoms with Crippen molar-refractivity contribution in [1.29, 1.82) is 0 Å². The first kappa shape index (κ1) is 19.6. The molecule has 0 bridgehead atoms. The largest absolute Gasteiger partial charge is 0.441 e. The molecule has 152 valence electrons. The maximum absolute atomic E-state index is 12.7. The van der Waals surface area contributed by atoms with Crippen LogP contribution in [0.25, 0.3) is 11.5 Å². The van der Waals surface area contributed by atoms with Gasteiger partial charge in [-0.05, 0) is 49.2 Å². The van der Waals surface area contributed by atoms with E-state index in [1.54, 1.807) is 6.20 Å². The van der Waals surface area contributed by atoms with Gasteiger partial charge in [0.1, 0.15) is 11.5 Å². The Morgan fingerprint density at radius 2 is 1.87 bits per heavy atom. The fourth-order valence-corrected chi connectivity index (χ4v) is 3.43. The molecule has 2 aromatic carbocycles. The second-order valence-corrected chi connectivity index (χ2v) is 7.16. The van der Waals surface area contributed by atoms with Crippen molar-refractivity contribution in [3.05, 3.63) is 90.1 Å². The minimum atomic E-state index is -0.176. The summed E-state index contributed by atoms with van der Waals surface area (Å²) in [7, 11) is 0. The molecule has 6 nitrogen and oxygen atoms in total. The first-order valence-electron chi connectivity index (χ1n) is 10.0. The standard InChI is InChI=1S/C24H24N4O2/c1-3-21(18-8-5-4-6-9-18)23(29)26-20-12-10-19(11-13-20)24-27-22(17(2)30-24)16-28-15-7-14-25-28/h4-15,21H,3,16H2,1-2H3,(H,26,29). The number of hydrogen-bond acceptors (Lipinski definition) is 4. The predicted molar refractivity (Wildman–Crippen MR) is 116 cm³/mol. The summed E-state index contributed by atoms with van der Waals surface area (Å²) in [4.78, 5) is 17.4. The van der Waals surface area contributed by atoms with Crippen molar-refractivity contribution in [2.45, 2.75) is 32.7 Å². The van der Waals surface area contributed by atoms with E-state index in [-0.39, 0.29) is 11.8 Å². The van der Waals surface area contributed by atoms with Crippen LogP contribution in [-0.4, -0.2) is 20.7 Å². The van der Waals surface area contributed by atoms with Gasteiger partial charge in [-0.2, -0.15) is 5.10 Å². The van der Waals surface area contributed by atoms with E-state index in [4.69, 9.17) is 4.42 Å². The summed E-state index contributed by atoms with van der Waals surface area (Å²) in [6.07, 6.45) is 4.37. The summed E-state index contributed by atoms with van der Waals surface area (Å²) in [6.45, 7) is 4.48. The van der Waals surface area contributed by atoms with Crippen molar-refractivity contribution in [1.82, 2.24) is 14.8 Å². The summed E-state index contributed by atoms with van der Waals surface area (Å²) < 4.78 is 7.65. The quantitative estimate of drug-likeness (QED) is 0.472. The molecule has 0 radical (unpaired) electrons. The van der Waals surface area contributed by atoms with E-state index >= 15 is 0 Å². The van der Waals surface area contributed by atoms with Gasteiger partial charge in [-0.15, -0.1) is 0 Å². The Labute approximate surface area is 175 Å². The smallest absolute Gasteiger partial charge is 0.231 e. The SMILES string of the molecule is CCC(C(=O)Nc1ccc(-c2nc(Cn3cccn3)c(C)o2)cc1)c1ccccc1. The molecule has 0 saturated heterocycles. The van der Waals surface area contributed by atoms with Crippen LogP contribution in [0.5, 0.6) is 0 Å². The van der Waals surface area contributed by atoms with Crippen LogP contribution in [-0.2, 0) is 11.3 Å². The second kappa shape index (κ2) is 8.78. The molecule has 0 aliphatic heterocycles. The average molecular weight is 400 g/mol. The minimum Gasteiger partial charge on any atom is -0.441 e.